The van der Waals surface area contributed by atoms with Crippen LogP contribution in [0.1, 0.15) is 59.5 Å². The molecule has 2 aromatic rings. The second-order valence-corrected chi connectivity index (χ2v) is 7.92. The van der Waals surface area contributed by atoms with Crippen molar-refractivity contribution in [1.82, 2.24) is 15.3 Å². The summed E-state index contributed by atoms with van der Waals surface area (Å²) in [4.78, 5) is 24.3. The van der Waals surface area contributed by atoms with Crippen LogP contribution in [0.5, 0.6) is 0 Å². The molecule has 156 valence electrons. The van der Waals surface area contributed by atoms with Crippen LogP contribution in [0, 0.1) is 5.92 Å². The predicted octanol–water partition coefficient (Wildman–Crippen LogP) is 3.80. The van der Waals surface area contributed by atoms with E-state index in [1.165, 1.54) is 0 Å². The highest BCUT2D eigenvalue weighted by Gasteiger charge is 2.24. The zero-order valence-electron chi connectivity index (χ0n) is 17.1. The lowest BCUT2D eigenvalue weighted by Crippen LogP contribution is -2.51. The van der Waals surface area contributed by atoms with Crippen molar-refractivity contribution < 1.29 is 9.07 Å². The first kappa shape index (κ1) is 20.3. The Morgan fingerprint density at radius 2 is 2.21 bits per heavy atom. The highest BCUT2D eigenvalue weighted by atomic mass is 16.1. The topological polar surface area (TPSA) is 84.1 Å². The molecular weight excluding hydrogens is 350 g/mol. The summed E-state index contributed by atoms with van der Waals surface area (Å²) in [6.07, 6.45) is 4.49. The van der Waals surface area contributed by atoms with Crippen LogP contribution in [0.2, 0.25) is 0 Å². The minimum absolute atomic E-state index is 0. The smallest absolute Gasteiger partial charge is 0.215 e. The Balaban J connectivity index is 0.00000300. The quantitative estimate of drug-likeness (QED) is 0.703. The molecular formula is C22H37N5O. The van der Waals surface area contributed by atoms with Gasteiger partial charge in [0.25, 0.3) is 0 Å². The molecule has 0 aliphatic carbocycles. The molecule has 2 aromatic heterocycles. The van der Waals surface area contributed by atoms with E-state index in [9.17, 15) is 4.79 Å². The summed E-state index contributed by atoms with van der Waals surface area (Å²) in [5.74, 6) is 1.61. The third-order valence-electron chi connectivity index (χ3n) is 5.12. The van der Waals surface area contributed by atoms with E-state index in [0.717, 1.165) is 50.3 Å². The maximum Gasteiger partial charge on any atom is 0.215 e. The number of nitrogen functional groups attached to an aromatic ring is 1. The Morgan fingerprint density at radius 1 is 1.39 bits per heavy atom. The van der Waals surface area contributed by atoms with Crippen LogP contribution < -0.4 is 16.0 Å². The molecule has 0 spiro atoms. The van der Waals surface area contributed by atoms with E-state index in [1.807, 2.05) is 12.1 Å². The van der Waals surface area contributed by atoms with Crippen LogP contribution in [0.3, 0.4) is 0 Å². The number of aromatic nitrogens is 2. The second-order valence-electron chi connectivity index (χ2n) is 7.92. The number of hydrogen-bond acceptors (Lipinski definition) is 6. The number of nitrogens with zero attached hydrogens (tertiary/aromatic N) is 3. The number of aryl methyl sites for hydroxylation is 1. The standard InChI is InChI=1S/C22H31N5O.3H2/c1-4-6-16-8-9-19(27-12-11-24-17(14-27)13-15(2)3)26-20(16)21(28)18-7-5-10-25-22(18)23;;;/h5,7-10,15,17,24H,4,6,11-14H2,1-3H3,(H2,23,25);3*1H/t17-;;;/m0.../s1. The van der Waals surface area contributed by atoms with Gasteiger partial charge in [0.15, 0.2) is 0 Å². The van der Waals surface area contributed by atoms with Crippen molar-refractivity contribution in [3.63, 3.8) is 0 Å². The Bertz CT molecular complexity index is 835. The highest BCUT2D eigenvalue weighted by molar-refractivity contribution is 6.11. The van der Waals surface area contributed by atoms with E-state index in [2.05, 4.69) is 36.0 Å². The molecule has 0 saturated carbocycles. The maximum atomic E-state index is 13.2. The minimum Gasteiger partial charge on any atom is -0.383 e. The fourth-order valence-electron chi connectivity index (χ4n) is 3.82. The average Bonchev–Trinajstić information content (AvgIpc) is 2.68. The molecule has 1 atom stereocenters. The molecule has 0 radical (unpaired) electrons. The van der Waals surface area contributed by atoms with Gasteiger partial charge < -0.3 is 16.0 Å². The molecule has 3 N–H and O–H groups in total. The molecule has 3 rings (SSSR count). The lowest BCUT2D eigenvalue weighted by atomic mass is 10.0. The molecule has 0 amide bonds. The van der Waals surface area contributed by atoms with Gasteiger partial charge in [-0.3, -0.25) is 4.79 Å². The summed E-state index contributed by atoms with van der Waals surface area (Å²) in [5, 5.41) is 3.59. The van der Waals surface area contributed by atoms with Crippen LogP contribution in [0.15, 0.2) is 30.5 Å². The van der Waals surface area contributed by atoms with Gasteiger partial charge in [-0.2, -0.15) is 0 Å². The van der Waals surface area contributed by atoms with Crippen LogP contribution in [0.25, 0.3) is 0 Å². The molecule has 0 aromatic carbocycles. The lowest BCUT2D eigenvalue weighted by Gasteiger charge is -2.35. The van der Waals surface area contributed by atoms with Crippen LogP contribution in [0.4, 0.5) is 11.6 Å². The van der Waals surface area contributed by atoms with Crippen molar-refractivity contribution in [1.29, 1.82) is 0 Å². The second kappa shape index (κ2) is 9.15. The van der Waals surface area contributed by atoms with Gasteiger partial charge in [0.05, 0.1) is 5.56 Å². The summed E-state index contributed by atoms with van der Waals surface area (Å²) in [7, 11) is 0. The summed E-state index contributed by atoms with van der Waals surface area (Å²) in [5.41, 5.74) is 7.83. The summed E-state index contributed by atoms with van der Waals surface area (Å²) < 4.78 is 0. The maximum absolute atomic E-state index is 13.2. The van der Waals surface area contributed by atoms with E-state index in [-0.39, 0.29) is 15.9 Å². The number of piperazine rings is 1. The van der Waals surface area contributed by atoms with Crippen molar-refractivity contribution in [2.75, 3.05) is 30.3 Å². The van der Waals surface area contributed by atoms with Crippen molar-refractivity contribution in [2.45, 2.75) is 46.1 Å². The Labute approximate surface area is 172 Å². The highest BCUT2D eigenvalue weighted by Crippen LogP contribution is 2.23. The molecule has 0 unspecified atom stereocenters. The number of nitrogens with one attached hydrogen (secondary N) is 1. The third-order valence-corrected chi connectivity index (χ3v) is 5.12. The molecule has 1 fully saturated rings. The normalized spacial score (nSPS) is 17.1. The minimum atomic E-state index is -0.148. The number of rotatable bonds is 7. The first-order valence-corrected chi connectivity index (χ1v) is 10.2. The fraction of sp³-hybridized carbons (Fsp3) is 0.500. The summed E-state index contributed by atoms with van der Waals surface area (Å²) in [6.45, 7) is 9.31. The van der Waals surface area contributed by atoms with Gasteiger partial charge in [-0.15, -0.1) is 0 Å². The summed E-state index contributed by atoms with van der Waals surface area (Å²) >= 11 is 0. The van der Waals surface area contributed by atoms with Crippen molar-refractivity contribution in [2.24, 2.45) is 5.92 Å². The zero-order chi connectivity index (χ0) is 20.1. The van der Waals surface area contributed by atoms with Gasteiger partial charge in [-0.25, -0.2) is 9.97 Å². The van der Waals surface area contributed by atoms with E-state index in [1.54, 1.807) is 18.3 Å². The first-order chi connectivity index (χ1) is 13.5. The number of nitrogens with two attached hydrogens (primary N) is 1. The van der Waals surface area contributed by atoms with Crippen molar-refractivity contribution in [3.8, 4) is 0 Å². The van der Waals surface area contributed by atoms with Crippen LogP contribution in [-0.4, -0.2) is 41.4 Å². The zero-order valence-corrected chi connectivity index (χ0v) is 17.1. The molecule has 1 aliphatic heterocycles. The van der Waals surface area contributed by atoms with Crippen molar-refractivity contribution >= 4 is 17.4 Å². The van der Waals surface area contributed by atoms with E-state index >= 15 is 0 Å². The van der Waals surface area contributed by atoms with Crippen LogP contribution in [-0.2, 0) is 6.42 Å². The molecule has 3 heterocycles. The number of pyridine rings is 2. The largest absolute Gasteiger partial charge is 0.383 e. The Kier molecular flexibility index (Phi) is 6.62. The monoisotopic (exact) mass is 387 g/mol. The molecule has 1 saturated heterocycles. The molecule has 0 bridgehead atoms. The third kappa shape index (κ3) is 4.68. The lowest BCUT2D eigenvalue weighted by molar-refractivity contribution is 0.103. The average molecular weight is 388 g/mol. The Morgan fingerprint density at radius 3 is 2.93 bits per heavy atom. The van der Waals surface area contributed by atoms with Gasteiger partial charge in [0.1, 0.15) is 17.3 Å². The van der Waals surface area contributed by atoms with E-state index < -0.39 is 0 Å². The van der Waals surface area contributed by atoms with Gasteiger partial charge in [-0.1, -0.05) is 33.3 Å². The molecule has 1 aliphatic rings. The molecule has 28 heavy (non-hydrogen) atoms. The van der Waals surface area contributed by atoms with E-state index in [4.69, 9.17) is 10.7 Å². The van der Waals surface area contributed by atoms with Crippen molar-refractivity contribution in [3.05, 3.63) is 47.3 Å². The first-order valence-electron chi connectivity index (χ1n) is 10.2. The van der Waals surface area contributed by atoms with Gasteiger partial charge in [0, 0.05) is 36.2 Å². The molecule has 6 nitrogen and oxygen atoms in total. The van der Waals surface area contributed by atoms with Gasteiger partial charge >= 0.3 is 0 Å². The van der Waals surface area contributed by atoms with Crippen LogP contribution >= 0.6 is 0 Å². The number of carbonyl (C=O) groups is 1. The fourth-order valence-corrected chi connectivity index (χ4v) is 3.82. The van der Waals surface area contributed by atoms with Gasteiger partial charge in [-0.05, 0) is 42.5 Å². The number of ketones is 1. The SMILES string of the molecule is CCCc1ccc(N2CCN[C@@H](CC(C)C)C2)nc1C(=O)c1cccnc1N.[HH].[HH].[HH]. The van der Waals surface area contributed by atoms with Gasteiger partial charge in [0.2, 0.25) is 5.78 Å². The number of anilines is 2. The van der Waals surface area contributed by atoms with E-state index in [0.29, 0.717) is 23.2 Å². The number of carbonyl (C=O) groups excluding carboxylic acids is 1. The summed E-state index contributed by atoms with van der Waals surface area (Å²) in [6, 6.07) is 7.99. The Hall–Kier alpha value is -2.47. The number of hydrogen-bond donors (Lipinski definition) is 2. The predicted molar refractivity (Wildman–Crippen MR) is 120 cm³/mol. The molecule has 6 heteroatoms.